The minimum Gasteiger partial charge on any atom is -0.491 e. The minimum absolute atomic E-state index is 0.326. The quantitative estimate of drug-likeness (QED) is 0.836. The standard InChI is InChI=1S/C12H17BrO2/c1-9(2)10-3-5-12(6-4-10)15-8-11(14)7-13/h3-6,9,11,14H,7-8H2,1-2H3. The van der Waals surface area contributed by atoms with Crippen LogP contribution in [0.25, 0.3) is 0 Å². The van der Waals surface area contributed by atoms with E-state index in [4.69, 9.17) is 4.74 Å². The summed E-state index contributed by atoms with van der Waals surface area (Å²) >= 11 is 3.19. The van der Waals surface area contributed by atoms with Crippen molar-refractivity contribution < 1.29 is 9.84 Å². The van der Waals surface area contributed by atoms with Gasteiger partial charge in [-0.05, 0) is 23.6 Å². The van der Waals surface area contributed by atoms with Crippen molar-refractivity contribution in [2.45, 2.75) is 25.9 Å². The molecule has 0 fully saturated rings. The van der Waals surface area contributed by atoms with Crippen molar-refractivity contribution in [3.05, 3.63) is 29.8 Å². The summed E-state index contributed by atoms with van der Waals surface area (Å²) in [6.07, 6.45) is -0.449. The van der Waals surface area contributed by atoms with Gasteiger partial charge >= 0.3 is 0 Å². The Hall–Kier alpha value is -0.540. The molecule has 1 atom stereocenters. The highest BCUT2D eigenvalue weighted by Crippen LogP contribution is 2.18. The number of aliphatic hydroxyl groups excluding tert-OH is 1. The maximum atomic E-state index is 9.29. The molecule has 2 nitrogen and oxygen atoms in total. The Morgan fingerprint density at radius 3 is 2.33 bits per heavy atom. The summed E-state index contributed by atoms with van der Waals surface area (Å²) in [7, 11) is 0. The zero-order valence-electron chi connectivity index (χ0n) is 9.11. The van der Waals surface area contributed by atoms with Gasteiger partial charge in [0, 0.05) is 5.33 Å². The molecule has 0 aromatic heterocycles. The second kappa shape index (κ2) is 6.13. The lowest BCUT2D eigenvalue weighted by atomic mass is 10.0. The van der Waals surface area contributed by atoms with E-state index in [-0.39, 0.29) is 0 Å². The lowest BCUT2D eigenvalue weighted by Gasteiger charge is -2.11. The van der Waals surface area contributed by atoms with E-state index in [1.165, 1.54) is 5.56 Å². The molecule has 0 amide bonds. The zero-order valence-corrected chi connectivity index (χ0v) is 10.7. The summed E-state index contributed by atoms with van der Waals surface area (Å²) in [5.74, 6) is 1.34. The van der Waals surface area contributed by atoms with Crippen molar-refractivity contribution in [1.29, 1.82) is 0 Å². The van der Waals surface area contributed by atoms with E-state index in [0.717, 1.165) is 5.75 Å². The normalized spacial score (nSPS) is 12.9. The highest BCUT2D eigenvalue weighted by atomic mass is 79.9. The summed E-state index contributed by atoms with van der Waals surface area (Å²) in [5.41, 5.74) is 1.29. The van der Waals surface area contributed by atoms with Crippen molar-refractivity contribution in [2.75, 3.05) is 11.9 Å². The number of rotatable bonds is 5. The van der Waals surface area contributed by atoms with Crippen LogP contribution in [0.4, 0.5) is 0 Å². The van der Waals surface area contributed by atoms with Crippen LogP contribution in [0.1, 0.15) is 25.3 Å². The SMILES string of the molecule is CC(C)c1ccc(OCC(O)CBr)cc1. The highest BCUT2D eigenvalue weighted by Gasteiger charge is 2.03. The first kappa shape index (κ1) is 12.5. The van der Waals surface area contributed by atoms with Crippen LogP contribution in [0.3, 0.4) is 0 Å². The van der Waals surface area contributed by atoms with Crippen molar-refractivity contribution in [2.24, 2.45) is 0 Å². The van der Waals surface area contributed by atoms with E-state index >= 15 is 0 Å². The molecule has 0 bridgehead atoms. The van der Waals surface area contributed by atoms with Gasteiger partial charge in [-0.15, -0.1) is 0 Å². The second-order valence-electron chi connectivity index (χ2n) is 3.84. The van der Waals surface area contributed by atoms with Gasteiger partial charge in [0.05, 0.1) is 6.10 Å². The molecule has 1 aromatic carbocycles. The number of alkyl halides is 1. The zero-order chi connectivity index (χ0) is 11.3. The van der Waals surface area contributed by atoms with Gasteiger partial charge in [0.2, 0.25) is 0 Å². The molecule has 1 N–H and O–H groups in total. The number of hydrogen-bond acceptors (Lipinski definition) is 2. The summed E-state index contributed by atoms with van der Waals surface area (Å²) in [4.78, 5) is 0. The first-order valence-corrected chi connectivity index (χ1v) is 6.22. The lowest BCUT2D eigenvalue weighted by Crippen LogP contribution is -2.18. The summed E-state index contributed by atoms with van der Waals surface area (Å²) < 4.78 is 5.41. The van der Waals surface area contributed by atoms with Crippen LogP contribution < -0.4 is 4.74 Å². The Balaban J connectivity index is 2.50. The fourth-order valence-electron chi connectivity index (χ4n) is 1.19. The highest BCUT2D eigenvalue weighted by molar-refractivity contribution is 9.09. The fraction of sp³-hybridized carbons (Fsp3) is 0.500. The molecule has 1 aromatic rings. The predicted molar refractivity (Wildman–Crippen MR) is 65.8 cm³/mol. The van der Waals surface area contributed by atoms with Crippen LogP contribution in [-0.2, 0) is 0 Å². The van der Waals surface area contributed by atoms with Gasteiger partial charge in [-0.2, -0.15) is 0 Å². The molecule has 0 aliphatic carbocycles. The smallest absolute Gasteiger partial charge is 0.119 e. The number of ether oxygens (including phenoxy) is 1. The predicted octanol–water partition coefficient (Wildman–Crippen LogP) is 2.94. The van der Waals surface area contributed by atoms with Gasteiger partial charge in [-0.1, -0.05) is 41.9 Å². The maximum Gasteiger partial charge on any atom is 0.119 e. The molecular weight excluding hydrogens is 256 g/mol. The number of halogens is 1. The monoisotopic (exact) mass is 272 g/mol. The van der Waals surface area contributed by atoms with E-state index < -0.39 is 6.10 Å². The number of hydrogen-bond donors (Lipinski definition) is 1. The molecule has 0 saturated heterocycles. The third-order valence-corrected chi connectivity index (χ3v) is 2.91. The first-order valence-electron chi connectivity index (χ1n) is 5.10. The van der Waals surface area contributed by atoms with Crippen molar-refractivity contribution in [1.82, 2.24) is 0 Å². The molecule has 0 aliphatic rings. The van der Waals surface area contributed by atoms with E-state index in [1.807, 2.05) is 12.1 Å². The molecule has 0 spiro atoms. The third kappa shape index (κ3) is 4.22. The van der Waals surface area contributed by atoms with Gasteiger partial charge in [-0.25, -0.2) is 0 Å². The van der Waals surface area contributed by atoms with Gasteiger partial charge in [0.1, 0.15) is 12.4 Å². The molecule has 1 unspecified atom stereocenters. The van der Waals surface area contributed by atoms with Crippen molar-refractivity contribution in [3.8, 4) is 5.75 Å². The van der Waals surface area contributed by atoms with Crippen LogP contribution in [0.5, 0.6) is 5.75 Å². The molecule has 3 heteroatoms. The topological polar surface area (TPSA) is 29.5 Å². The first-order chi connectivity index (χ1) is 7.13. The van der Waals surface area contributed by atoms with Crippen LogP contribution in [0.2, 0.25) is 0 Å². The maximum absolute atomic E-state index is 9.29. The van der Waals surface area contributed by atoms with Gasteiger partial charge in [0.25, 0.3) is 0 Å². The molecular formula is C12H17BrO2. The summed E-state index contributed by atoms with van der Waals surface area (Å²) in [5, 5.41) is 9.83. The van der Waals surface area contributed by atoms with Gasteiger partial charge in [-0.3, -0.25) is 0 Å². The molecule has 84 valence electrons. The Morgan fingerprint density at radius 1 is 1.27 bits per heavy atom. The lowest BCUT2D eigenvalue weighted by molar-refractivity contribution is 0.127. The number of aliphatic hydroxyl groups is 1. The van der Waals surface area contributed by atoms with Crippen LogP contribution in [-0.4, -0.2) is 23.1 Å². The van der Waals surface area contributed by atoms with Crippen LogP contribution in [0, 0.1) is 0 Å². The largest absolute Gasteiger partial charge is 0.491 e. The summed E-state index contributed by atoms with van der Waals surface area (Å²) in [6.45, 7) is 4.64. The van der Waals surface area contributed by atoms with E-state index in [1.54, 1.807) is 0 Å². The van der Waals surface area contributed by atoms with Crippen LogP contribution in [0.15, 0.2) is 24.3 Å². The van der Waals surface area contributed by atoms with E-state index in [9.17, 15) is 5.11 Å². The molecule has 0 saturated carbocycles. The van der Waals surface area contributed by atoms with Gasteiger partial charge in [0.15, 0.2) is 0 Å². The average molecular weight is 273 g/mol. The van der Waals surface area contributed by atoms with E-state index in [0.29, 0.717) is 17.9 Å². The fourth-order valence-corrected chi connectivity index (χ4v) is 1.37. The Labute approximate surface area is 99.4 Å². The molecule has 0 heterocycles. The van der Waals surface area contributed by atoms with E-state index in [2.05, 4.69) is 41.9 Å². The van der Waals surface area contributed by atoms with Gasteiger partial charge < -0.3 is 9.84 Å². The molecule has 0 aliphatic heterocycles. The van der Waals surface area contributed by atoms with Crippen LogP contribution >= 0.6 is 15.9 Å². The molecule has 1 rings (SSSR count). The van der Waals surface area contributed by atoms with Crippen molar-refractivity contribution in [3.63, 3.8) is 0 Å². The Kier molecular flexibility index (Phi) is 5.12. The third-order valence-electron chi connectivity index (χ3n) is 2.17. The van der Waals surface area contributed by atoms with Crippen molar-refractivity contribution >= 4 is 15.9 Å². The second-order valence-corrected chi connectivity index (χ2v) is 4.49. The molecule has 0 radical (unpaired) electrons. The summed E-state index contributed by atoms with van der Waals surface area (Å²) in [6, 6.07) is 7.99. The Bertz CT molecular complexity index is 282. The Morgan fingerprint density at radius 2 is 1.87 bits per heavy atom. The number of benzene rings is 1. The average Bonchev–Trinajstić information content (AvgIpc) is 2.26. The minimum atomic E-state index is -0.449. The molecule has 15 heavy (non-hydrogen) atoms.